The number of halogens is 1. The molecule has 0 spiro atoms. The van der Waals surface area contributed by atoms with Crippen molar-refractivity contribution in [2.75, 3.05) is 6.61 Å². The minimum absolute atomic E-state index is 0.255. The Bertz CT molecular complexity index is 427. The second-order valence-corrected chi connectivity index (χ2v) is 5.53. The highest BCUT2D eigenvalue weighted by Crippen LogP contribution is 2.22. The molecule has 0 aliphatic heterocycles. The van der Waals surface area contributed by atoms with E-state index in [0.29, 0.717) is 43.1 Å². The molecule has 0 saturated carbocycles. The van der Waals surface area contributed by atoms with Crippen molar-refractivity contribution in [2.24, 2.45) is 5.92 Å². The minimum atomic E-state index is -0.255. The van der Waals surface area contributed by atoms with Crippen LogP contribution in [-0.4, -0.2) is 12.4 Å². The van der Waals surface area contributed by atoms with E-state index in [1.807, 2.05) is 26.8 Å². The molecule has 0 heterocycles. The Morgan fingerprint density at radius 2 is 2.05 bits per heavy atom. The molecule has 0 aliphatic carbocycles. The first kappa shape index (κ1) is 16.7. The third-order valence-corrected chi connectivity index (χ3v) is 3.16. The Kier molecular flexibility index (Phi) is 7.27. The standard InChI is InChI=1S/C17H25FO2/c1-4-15(19)10-6-5-8-14-9-7-11-16(17(14)18)20-12-13(2)3/h7,9,11,13H,4-6,8,10,12H2,1-3H3. The molecule has 112 valence electrons. The van der Waals surface area contributed by atoms with E-state index in [0.717, 1.165) is 12.8 Å². The number of ketones is 1. The van der Waals surface area contributed by atoms with Crippen molar-refractivity contribution in [1.29, 1.82) is 0 Å². The first-order valence-corrected chi connectivity index (χ1v) is 7.46. The van der Waals surface area contributed by atoms with Gasteiger partial charge in [-0.1, -0.05) is 32.9 Å². The number of hydrogen-bond donors (Lipinski definition) is 0. The van der Waals surface area contributed by atoms with Crippen LogP contribution in [0.3, 0.4) is 0 Å². The average Bonchev–Trinajstić information content (AvgIpc) is 2.43. The molecule has 0 bridgehead atoms. The topological polar surface area (TPSA) is 26.3 Å². The summed E-state index contributed by atoms with van der Waals surface area (Å²) in [5.74, 6) is 0.730. The Hall–Kier alpha value is -1.38. The molecule has 20 heavy (non-hydrogen) atoms. The van der Waals surface area contributed by atoms with Gasteiger partial charge in [-0.25, -0.2) is 4.39 Å². The van der Waals surface area contributed by atoms with Gasteiger partial charge in [0.25, 0.3) is 0 Å². The SMILES string of the molecule is CCC(=O)CCCCc1cccc(OCC(C)C)c1F. The lowest BCUT2D eigenvalue weighted by molar-refractivity contribution is -0.118. The number of hydrogen-bond acceptors (Lipinski definition) is 2. The van der Waals surface area contributed by atoms with Crippen LogP contribution in [0, 0.1) is 11.7 Å². The summed E-state index contributed by atoms with van der Waals surface area (Å²) in [6.45, 7) is 6.46. The molecule has 0 unspecified atom stereocenters. The van der Waals surface area contributed by atoms with E-state index in [1.54, 1.807) is 12.1 Å². The molecule has 0 N–H and O–H groups in total. The smallest absolute Gasteiger partial charge is 0.168 e. The predicted molar refractivity (Wildman–Crippen MR) is 79.6 cm³/mol. The van der Waals surface area contributed by atoms with Gasteiger partial charge in [0.05, 0.1) is 6.61 Å². The van der Waals surface area contributed by atoms with Crippen LogP contribution in [0.15, 0.2) is 18.2 Å². The number of carbonyl (C=O) groups is 1. The zero-order valence-electron chi connectivity index (χ0n) is 12.7. The number of unbranched alkanes of at least 4 members (excludes halogenated alkanes) is 1. The highest BCUT2D eigenvalue weighted by Gasteiger charge is 2.09. The van der Waals surface area contributed by atoms with Gasteiger partial charge in [-0.2, -0.15) is 0 Å². The Labute approximate surface area is 121 Å². The lowest BCUT2D eigenvalue weighted by Crippen LogP contribution is -2.06. The molecule has 0 radical (unpaired) electrons. The van der Waals surface area contributed by atoms with Crippen LogP contribution in [0.1, 0.15) is 52.0 Å². The van der Waals surface area contributed by atoms with Crippen LogP contribution < -0.4 is 4.74 Å². The van der Waals surface area contributed by atoms with E-state index >= 15 is 0 Å². The van der Waals surface area contributed by atoms with E-state index < -0.39 is 0 Å². The molecule has 0 atom stereocenters. The maximum Gasteiger partial charge on any atom is 0.168 e. The lowest BCUT2D eigenvalue weighted by atomic mass is 10.0. The number of ether oxygens (including phenoxy) is 1. The molecule has 3 heteroatoms. The van der Waals surface area contributed by atoms with Crippen molar-refractivity contribution in [3.63, 3.8) is 0 Å². The van der Waals surface area contributed by atoms with Crippen molar-refractivity contribution in [1.82, 2.24) is 0 Å². The van der Waals surface area contributed by atoms with Gasteiger partial charge in [0.1, 0.15) is 5.78 Å². The van der Waals surface area contributed by atoms with E-state index in [4.69, 9.17) is 4.74 Å². The molecular weight excluding hydrogens is 255 g/mol. The van der Waals surface area contributed by atoms with Gasteiger partial charge in [-0.05, 0) is 36.8 Å². The maximum absolute atomic E-state index is 14.2. The molecule has 1 aromatic rings. The Morgan fingerprint density at radius 3 is 2.70 bits per heavy atom. The quantitative estimate of drug-likeness (QED) is 0.620. The fourth-order valence-electron chi connectivity index (χ4n) is 1.93. The molecule has 0 aromatic heterocycles. The third kappa shape index (κ3) is 5.72. The van der Waals surface area contributed by atoms with Crippen molar-refractivity contribution in [2.45, 2.75) is 52.9 Å². The summed E-state index contributed by atoms with van der Waals surface area (Å²) in [6, 6.07) is 5.28. The summed E-state index contributed by atoms with van der Waals surface area (Å²) < 4.78 is 19.7. The molecular formula is C17H25FO2. The van der Waals surface area contributed by atoms with Gasteiger partial charge in [0.15, 0.2) is 11.6 Å². The summed E-state index contributed by atoms with van der Waals surface area (Å²) in [5, 5.41) is 0. The highest BCUT2D eigenvalue weighted by molar-refractivity contribution is 5.77. The van der Waals surface area contributed by atoms with Gasteiger partial charge >= 0.3 is 0 Å². The van der Waals surface area contributed by atoms with Crippen LogP contribution in [0.25, 0.3) is 0 Å². The molecule has 1 aromatic carbocycles. The molecule has 0 amide bonds. The van der Waals surface area contributed by atoms with Gasteiger partial charge < -0.3 is 4.74 Å². The number of aryl methyl sites for hydroxylation is 1. The van der Waals surface area contributed by atoms with Crippen LogP contribution in [-0.2, 0) is 11.2 Å². The number of benzene rings is 1. The Balaban J connectivity index is 2.49. The van der Waals surface area contributed by atoms with Gasteiger partial charge in [0, 0.05) is 12.8 Å². The third-order valence-electron chi connectivity index (χ3n) is 3.16. The monoisotopic (exact) mass is 280 g/mol. The van der Waals surface area contributed by atoms with E-state index in [9.17, 15) is 9.18 Å². The summed E-state index contributed by atoms with van der Waals surface area (Å²) in [4.78, 5) is 11.2. The van der Waals surface area contributed by atoms with E-state index in [1.165, 1.54) is 0 Å². The average molecular weight is 280 g/mol. The fourth-order valence-corrected chi connectivity index (χ4v) is 1.93. The van der Waals surface area contributed by atoms with Gasteiger partial charge in [-0.3, -0.25) is 4.79 Å². The van der Waals surface area contributed by atoms with Crippen molar-refractivity contribution in [3.05, 3.63) is 29.6 Å². The lowest BCUT2D eigenvalue weighted by Gasteiger charge is -2.11. The van der Waals surface area contributed by atoms with Crippen LogP contribution in [0.4, 0.5) is 4.39 Å². The van der Waals surface area contributed by atoms with Gasteiger partial charge in [-0.15, -0.1) is 0 Å². The second kappa shape index (κ2) is 8.72. The van der Waals surface area contributed by atoms with Crippen molar-refractivity contribution < 1.29 is 13.9 Å². The Morgan fingerprint density at radius 1 is 1.30 bits per heavy atom. The summed E-state index contributed by atoms with van der Waals surface area (Å²) >= 11 is 0. The molecule has 0 fully saturated rings. The molecule has 0 saturated heterocycles. The minimum Gasteiger partial charge on any atom is -0.490 e. The van der Waals surface area contributed by atoms with Gasteiger partial charge in [0.2, 0.25) is 0 Å². The normalized spacial score (nSPS) is 10.8. The molecule has 1 rings (SSSR count). The molecule has 0 aliphatic rings. The first-order chi connectivity index (χ1) is 9.54. The zero-order chi connectivity index (χ0) is 15.0. The largest absolute Gasteiger partial charge is 0.490 e. The van der Waals surface area contributed by atoms with Crippen LogP contribution in [0.2, 0.25) is 0 Å². The van der Waals surface area contributed by atoms with Crippen molar-refractivity contribution >= 4 is 5.78 Å². The summed E-state index contributed by atoms with van der Waals surface area (Å²) in [5.41, 5.74) is 0.676. The van der Waals surface area contributed by atoms with E-state index in [-0.39, 0.29) is 11.6 Å². The number of Topliss-reactive ketones (excluding diaryl/α,β-unsaturated/α-hetero) is 1. The number of carbonyl (C=O) groups excluding carboxylic acids is 1. The second-order valence-electron chi connectivity index (χ2n) is 5.53. The maximum atomic E-state index is 14.2. The van der Waals surface area contributed by atoms with E-state index in [2.05, 4.69) is 0 Å². The van der Waals surface area contributed by atoms with Crippen molar-refractivity contribution in [3.8, 4) is 5.75 Å². The fraction of sp³-hybridized carbons (Fsp3) is 0.588. The predicted octanol–water partition coefficient (Wildman–Crippen LogP) is 4.55. The van der Waals surface area contributed by atoms with Crippen LogP contribution in [0.5, 0.6) is 5.75 Å². The van der Waals surface area contributed by atoms with Crippen LogP contribution >= 0.6 is 0 Å². The zero-order valence-corrected chi connectivity index (χ0v) is 12.7. The first-order valence-electron chi connectivity index (χ1n) is 7.46. The summed E-state index contributed by atoms with van der Waals surface area (Å²) in [7, 11) is 0. The summed E-state index contributed by atoms with van der Waals surface area (Å²) in [6.07, 6.45) is 3.50. The number of rotatable bonds is 9. The molecule has 2 nitrogen and oxygen atoms in total. The highest BCUT2D eigenvalue weighted by atomic mass is 19.1.